The Morgan fingerprint density at radius 1 is 1.10 bits per heavy atom. The molecule has 0 heterocycles. The average molecular weight is 285 g/mol. The fourth-order valence-electron chi connectivity index (χ4n) is 2.95. The molecule has 0 radical (unpaired) electrons. The van der Waals surface area contributed by atoms with Gasteiger partial charge in [0.05, 0.1) is 7.11 Å². The molecule has 0 spiro atoms. The molecule has 0 saturated carbocycles. The van der Waals surface area contributed by atoms with Gasteiger partial charge in [-0.25, -0.2) is 4.39 Å². The number of benzene rings is 2. The van der Waals surface area contributed by atoms with Crippen LogP contribution in [0.3, 0.4) is 0 Å². The second-order valence-electron chi connectivity index (χ2n) is 5.60. The highest BCUT2D eigenvalue weighted by atomic mass is 19.1. The number of methoxy groups -OCH3 is 1. The first kappa shape index (κ1) is 13.9. The van der Waals surface area contributed by atoms with Gasteiger partial charge in [-0.1, -0.05) is 12.1 Å². The second-order valence-corrected chi connectivity index (χ2v) is 5.60. The van der Waals surface area contributed by atoms with Crippen LogP contribution in [0.1, 0.15) is 36.1 Å². The molecule has 0 saturated heterocycles. The van der Waals surface area contributed by atoms with Crippen LogP contribution in [0.2, 0.25) is 0 Å². The highest BCUT2D eigenvalue weighted by Crippen LogP contribution is 2.28. The molecule has 0 bridgehead atoms. The summed E-state index contributed by atoms with van der Waals surface area (Å²) in [5.74, 6) is -0.0407. The average Bonchev–Trinajstić information content (AvgIpc) is 2.94. The van der Waals surface area contributed by atoms with Crippen molar-refractivity contribution < 1.29 is 9.13 Å². The highest BCUT2D eigenvalue weighted by Gasteiger charge is 2.13. The van der Waals surface area contributed by atoms with Crippen LogP contribution in [0.15, 0.2) is 36.4 Å². The number of rotatable bonds is 4. The predicted octanol–water partition coefficient (Wildman–Crippen LogP) is 4.50. The van der Waals surface area contributed by atoms with Crippen LogP contribution in [-0.4, -0.2) is 7.11 Å². The number of aryl methyl sites for hydroxylation is 2. The van der Waals surface area contributed by atoms with Gasteiger partial charge in [0.15, 0.2) is 11.6 Å². The fraction of sp³-hybridized carbons (Fsp3) is 0.333. The number of ether oxygens (including phenoxy) is 1. The lowest BCUT2D eigenvalue weighted by molar-refractivity contribution is 0.386. The molecule has 3 heteroatoms. The maximum Gasteiger partial charge on any atom is 0.165 e. The normalized spacial score (nSPS) is 14.6. The lowest BCUT2D eigenvalue weighted by Crippen LogP contribution is -2.07. The third-order valence-corrected chi connectivity index (χ3v) is 4.16. The van der Waals surface area contributed by atoms with E-state index in [2.05, 4.69) is 23.5 Å². The van der Waals surface area contributed by atoms with E-state index in [4.69, 9.17) is 4.74 Å². The second kappa shape index (κ2) is 5.76. The molecular weight excluding hydrogens is 265 g/mol. The molecule has 1 unspecified atom stereocenters. The van der Waals surface area contributed by atoms with E-state index in [0.29, 0.717) is 0 Å². The zero-order valence-electron chi connectivity index (χ0n) is 12.4. The molecule has 1 aliphatic carbocycles. The molecule has 0 fully saturated rings. The Bertz CT molecular complexity index is 654. The molecular formula is C18H20FNO. The maximum absolute atomic E-state index is 13.8. The largest absolute Gasteiger partial charge is 0.494 e. The quantitative estimate of drug-likeness (QED) is 0.893. The van der Waals surface area contributed by atoms with Crippen molar-refractivity contribution in [2.45, 2.75) is 32.2 Å². The molecule has 1 aliphatic rings. The molecule has 2 aromatic carbocycles. The number of nitrogens with one attached hydrogen (secondary N) is 1. The zero-order chi connectivity index (χ0) is 14.8. The van der Waals surface area contributed by atoms with Crippen molar-refractivity contribution in [3.63, 3.8) is 0 Å². The lowest BCUT2D eigenvalue weighted by atomic mass is 10.1. The van der Waals surface area contributed by atoms with E-state index >= 15 is 0 Å². The molecule has 0 aromatic heterocycles. The minimum atomic E-state index is -0.322. The molecule has 2 nitrogen and oxygen atoms in total. The van der Waals surface area contributed by atoms with Gasteiger partial charge in [-0.15, -0.1) is 0 Å². The fourth-order valence-corrected chi connectivity index (χ4v) is 2.95. The zero-order valence-corrected chi connectivity index (χ0v) is 12.4. The van der Waals surface area contributed by atoms with E-state index in [9.17, 15) is 4.39 Å². The van der Waals surface area contributed by atoms with Gasteiger partial charge in [0, 0.05) is 11.7 Å². The minimum absolute atomic E-state index is 0.0462. The van der Waals surface area contributed by atoms with E-state index in [1.807, 2.05) is 13.0 Å². The lowest BCUT2D eigenvalue weighted by Gasteiger charge is -2.17. The van der Waals surface area contributed by atoms with Crippen molar-refractivity contribution in [3.8, 4) is 5.75 Å². The summed E-state index contributed by atoms with van der Waals surface area (Å²) < 4.78 is 18.7. The summed E-state index contributed by atoms with van der Waals surface area (Å²) in [5.41, 5.74) is 4.91. The topological polar surface area (TPSA) is 21.3 Å². The molecule has 110 valence electrons. The molecule has 1 atom stereocenters. The third-order valence-electron chi connectivity index (χ3n) is 4.16. The number of fused-ring (bicyclic) bond motifs is 1. The van der Waals surface area contributed by atoms with Crippen molar-refractivity contribution in [1.82, 2.24) is 0 Å². The SMILES string of the molecule is COc1ccc(C(C)Nc2ccc3c(c2)CCC3)cc1F. The summed E-state index contributed by atoms with van der Waals surface area (Å²) in [5, 5.41) is 3.45. The van der Waals surface area contributed by atoms with Gasteiger partial charge in [0.25, 0.3) is 0 Å². The van der Waals surface area contributed by atoms with E-state index in [1.165, 1.54) is 37.1 Å². The smallest absolute Gasteiger partial charge is 0.165 e. The number of anilines is 1. The van der Waals surface area contributed by atoms with Crippen LogP contribution in [0.4, 0.5) is 10.1 Å². The summed E-state index contributed by atoms with van der Waals surface area (Å²) in [7, 11) is 1.48. The first-order valence-corrected chi connectivity index (χ1v) is 7.39. The molecule has 3 rings (SSSR count). The summed E-state index contributed by atoms with van der Waals surface area (Å²) in [6.07, 6.45) is 3.60. The minimum Gasteiger partial charge on any atom is -0.494 e. The Morgan fingerprint density at radius 3 is 2.67 bits per heavy atom. The van der Waals surface area contributed by atoms with E-state index < -0.39 is 0 Å². The van der Waals surface area contributed by atoms with Gasteiger partial charge >= 0.3 is 0 Å². The Balaban J connectivity index is 1.76. The van der Waals surface area contributed by atoms with Crippen LogP contribution >= 0.6 is 0 Å². The van der Waals surface area contributed by atoms with Crippen LogP contribution in [0, 0.1) is 5.82 Å². The molecule has 2 aromatic rings. The number of halogens is 1. The molecule has 0 amide bonds. The Kier molecular flexibility index (Phi) is 3.82. The van der Waals surface area contributed by atoms with Crippen LogP contribution in [0.25, 0.3) is 0 Å². The van der Waals surface area contributed by atoms with Crippen molar-refractivity contribution in [2.75, 3.05) is 12.4 Å². The number of hydrogen-bond acceptors (Lipinski definition) is 2. The van der Waals surface area contributed by atoms with Crippen molar-refractivity contribution in [1.29, 1.82) is 0 Å². The van der Waals surface area contributed by atoms with Crippen molar-refractivity contribution >= 4 is 5.69 Å². The molecule has 21 heavy (non-hydrogen) atoms. The van der Waals surface area contributed by atoms with Gasteiger partial charge in [-0.05, 0) is 67.1 Å². The van der Waals surface area contributed by atoms with Gasteiger partial charge in [-0.3, -0.25) is 0 Å². The van der Waals surface area contributed by atoms with Crippen LogP contribution in [0.5, 0.6) is 5.75 Å². The number of hydrogen-bond donors (Lipinski definition) is 1. The van der Waals surface area contributed by atoms with Crippen molar-refractivity contribution in [2.24, 2.45) is 0 Å². The highest BCUT2D eigenvalue weighted by molar-refractivity contribution is 5.51. The molecule has 0 aliphatic heterocycles. The Hall–Kier alpha value is -2.03. The monoisotopic (exact) mass is 285 g/mol. The third kappa shape index (κ3) is 2.87. The first-order valence-electron chi connectivity index (χ1n) is 7.39. The molecule has 1 N–H and O–H groups in total. The van der Waals surface area contributed by atoms with Gasteiger partial charge < -0.3 is 10.1 Å². The predicted molar refractivity (Wildman–Crippen MR) is 83.5 cm³/mol. The van der Waals surface area contributed by atoms with Gasteiger partial charge in [0.2, 0.25) is 0 Å². The van der Waals surface area contributed by atoms with Gasteiger partial charge in [0.1, 0.15) is 0 Å². The van der Waals surface area contributed by atoms with Crippen molar-refractivity contribution in [3.05, 3.63) is 58.9 Å². The van der Waals surface area contributed by atoms with Crippen LogP contribution in [-0.2, 0) is 12.8 Å². The Labute approximate surface area is 125 Å². The van der Waals surface area contributed by atoms with E-state index in [1.54, 1.807) is 6.07 Å². The summed E-state index contributed by atoms with van der Waals surface area (Å²) in [6.45, 7) is 2.04. The Morgan fingerprint density at radius 2 is 1.90 bits per heavy atom. The first-order chi connectivity index (χ1) is 10.2. The van der Waals surface area contributed by atoms with E-state index in [-0.39, 0.29) is 17.6 Å². The van der Waals surface area contributed by atoms with E-state index in [0.717, 1.165) is 17.7 Å². The maximum atomic E-state index is 13.8. The summed E-state index contributed by atoms with van der Waals surface area (Å²) in [6, 6.07) is 11.7. The summed E-state index contributed by atoms with van der Waals surface area (Å²) >= 11 is 0. The standard InChI is InChI=1S/C18H20FNO/c1-12(14-7-9-18(21-2)17(19)11-14)20-16-8-6-13-4-3-5-15(13)10-16/h6-12,20H,3-5H2,1-2H3. The summed E-state index contributed by atoms with van der Waals surface area (Å²) in [4.78, 5) is 0. The van der Waals surface area contributed by atoms with Gasteiger partial charge in [-0.2, -0.15) is 0 Å². The van der Waals surface area contributed by atoms with Crippen LogP contribution < -0.4 is 10.1 Å².